The summed E-state index contributed by atoms with van der Waals surface area (Å²) in [5, 5.41) is 0. The Bertz CT molecular complexity index is 262. The number of ether oxygens (including phenoxy) is 2. The highest BCUT2D eigenvalue weighted by Gasteiger charge is 2.22. The van der Waals surface area contributed by atoms with Gasteiger partial charge < -0.3 is 9.47 Å². The van der Waals surface area contributed by atoms with Crippen molar-refractivity contribution in [3.63, 3.8) is 0 Å². The van der Waals surface area contributed by atoms with E-state index < -0.39 is 0 Å². The van der Waals surface area contributed by atoms with Crippen molar-refractivity contribution in [1.29, 1.82) is 0 Å². The lowest BCUT2D eigenvalue weighted by Gasteiger charge is -2.15. The lowest BCUT2D eigenvalue weighted by Crippen LogP contribution is -2.19. The van der Waals surface area contributed by atoms with Gasteiger partial charge in [0.05, 0.1) is 0 Å². The lowest BCUT2D eigenvalue weighted by molar-refractivity contribution is 0.184. The Balaban J connectivity index is 2.34. The van der Waals surface area contributed by atoms with Crippen LogP contribution in [0, 0.1) is 13.0 Å². The van der Waals surface area contributed by atoms with Gasteiger partial charge in [-0.1, -0.05) is 6.92 Å². The minimum absolute atomic E-state index is 0.415. The van der Waals surface area contributed by atoms with Crippen LogP contribution in [0.1, 0.15) is 0 Å². The SMILES string of the molecule is [CH2-][C+]1COc2cccnc2O1. The predicted molar refractivity (Wildman–Crippen MR) is 39.0 cm³/mol. The molecule has 0 amide bonds. The summed E-state index contributed by atoms with van der Waals surface area (Å²) in [5.41, 5.74) is 0. The molecule has 0 saturated heterocycles. The van der Waals surface area contributed by atoms with Crippen molar-refractivity contribution in [2.24, 2.45) is 0 Å². The Morgan fingerprint density at radius 2 is 2.55 bits per heavy atom. The number of hydrogen-bond donors (Lipinski definition) is 0. The zero-order valence-electron chi connectivity index (χ0n) is 5.91. The Morgan fingerprint density at radius 1 is 1.64 bits per heavy atom. The number of fused-ring (bicyclic) bond motifs is 1. The third-order valence-corrected chi connectivity index (χ3v) is 1.37. The molecule has 0 bridgehead atoms. The number of pyridine rings is 1. The highest BCUT2D eigenvalue weighted by molar-refractivity contribution is 5.35. The van der Waals surface area contributed by atoms with Gasteiger partial charge in [0.15, 0.2) is 11.9 Å². The quantitative estimate of drug-likeness (QED) is 0.520. The molecule has 0 spiro atoms. The number of rotatable bonds is 0. The van der Waals surface area contributed by atoms with E-state index in [1.165, 1.54) is 0 Å². The van der Waals surface area contributed by atoms with Crippen molar-refractivity contribution in [2.75, 3.05) is 6.61 Å². The van der Waals surface area contributed by atoms with E-state index >= 15 is 0 Å². The van der Waals surface area contributed by atoms with Crippen LogP contribution in [0.15, 0.2) is 18.3 Å². The van der Waals surface area contributed by atoms with E-state index in [1.807, 2.05) is 6.07 Å². The maximum atomic E-state index is 5.25. The first-order valence-corrected chi connectivity index (χ1v) is 3.30. The summed E-state index contributed by atoms with van der Waals surface area (Å²) < 4.78 is 10.4. The van der Waals surface area contributed by atoms with Crippen molar-refractivity contribution in [1.82, 2.24) is 4.98 Å². The molecule has 2 rings (SSSR count). The molecule has 3 nitrogen and oxygen atoms in total. The molecule has 1 aromatic heterocycles. The van der Waals surface area contributed by atoms with E-state index in [1.54, 1.807) is 12.3 Å². The summed E-state index contributed by atoms with van der Waals surface area (Å²) in [6, 6.07) is 3.62. The highest BCUT2D eigenvalue weighted by Crippen LogP contribution is 2.29. The van der Waals surface area contributed by atoms with Gasteiger partial charge >= 0.3 is 5.88 Å². The summed E-state index contributed by atoms with van der Waals surface area (Å²) >= 11 is 0. The van der Waals surface area contributed by atoms with Crippen molar-refractivity contribution in [3.05, 3.63) is 31.4 Å². The molecular formula is C8H7NO2. The second kappa shape index (κ2) is 2.34. The van der Waals surface area contributed by atoms with Gasteiger partial charge in [0, 0.05) is 6.20 Å². The Hall–Kier alpha value is -1.38. The Morgan fingerprint density at radius 3 is 3.45 bits per heavy atom. The zero-order valence-corrected chi connectivity index (χ0v) is 5.91. The monoisotopic (exact) mass is 149 g/mol. The fourth-order valence-electron chi connectivity index (χ4n) is 0.887. The third kappa shape index (κ3) is 1.09. The van der Waals surface area contributed by atoms with Crippen LogP contribution in [0.25, 0.3) is 0 Å². The third-order valence-electron chi connectivity index (χ3n) is 1.37. The maximum absolute atomic E-state index is 5.25. The summed E-state index contributed by atoms with van der Waals surface area (Å²) in [4.78, 5) is 3.96. The van der Waals surface area contributed by atoms with Gasteiger partial charge in [-0.15, -0.1) is 0 Å². The van der Waals surface area contributed by atoms with Crippen LogP contribution >= 0.6 is 0 Å². The lowest BCUT2D eigenvalue weighted by atomic mass is 10.3. The smallest absolute Gasteiger partial charge is 0.311 e. The molecular weight excluding hydrogens is 142 g/mol. The van der Waals surface area contributed by atoms with E-state index in [-0.39, 0.29) is 0 Å². The standard InChI is InChI=1S/C8H7NO2/c1-6-5-10-7-3-2-4-9-8(7)11-6/h2-4H,1,5H2. The second-order valence-corrected chi connectivity index (χ2v) is 2.24. The molecule has 0 N–H and O–H groups in total. The van der Waals surface area contributed by atoms with Gasteiger partial charge in [-0.2, -0.15) is 0 Å². The van der Waals surface area contributed by atoms with Crippen LogP contribution in [0.3, 0.4) is 0 Å². The molecule has 0 saturated carbocycles. The molecule has 11 heavy (non-hydrogen) atoms. The topological polar surface area (TPSA) is 31.4 Å². The Kier molecular flexibility index (Phi) is 1.35. The van der Waals surface area contributed by atoms with Crippen LogP contribution in [-0.4, -0.2) is 11.6 Å². The fraction of sp³-hybridized carbons (Fsp3) is 0.125. The first kappa shape index (κ1) is 6.34. The molecule has 1 aliphatic heterocycles. The average molecular weight is 149 g/mol. The van der Waals surface area contributed by atoms with E-state index in [9.17, 15) is 0 Å². The van der Waals surface area contributed by atoms with Crippen LogP contribution in [0.2, 0.25) is 0 Å². The molecule has 0 radical (unpaired) electrons. The van der Waals surface area contributed by atoms with Gasteiger partial charge in [0.25, 0.3) is 0 Å². The minimum Gasteiger partial charge on any atom is -0.446 e. The fourth-order valence-corrected chi connectivity index (χ4v) is 0.887. The Labute approximate surface area is 65.0 Å². The predicted octanol–water partition coefficient (Wildman–Crippen LogP) is 1.22. The van der Waals surface area contributed by atoms with Crippen molar-refractivity contribution in [2.45, 2.75) is 0 Å². The molecule has 0 atom stereocenters. The molecule has 2 heterocycles. The maximum Gasteiger partial charge on any atom is 0.311 e. The highest BCUT2D eigenvalue weighted by atomic mass is 16.6. The summed E-state index contributed by atoms with van der Waals surface area (Å²) in [6.45, 7) is 4.04. The molecule has 1 aliphatic rings. The number of nitrogens with zero attached hydrogens (tertiary/aromatic N) is 1. The van der Waals surface area contributed by atoms with E-state index in [0.29, 0.717) is 24.3 Å². The van der Waals surface area contributed by atoms with Gasteiger partial charge in [0.2, 0.25) is 6.61 Å². The van der Waals surface area contributed by atoms with E-state index in [0.717, 1.165) is 0 Å². The van der Waals surface area contributed by atoms with Crippen LogP contribution < -0.4 is 9.47 Å². The molecule has 3 heteroatoms. The van der Waals surface area contributed by atoms with Crippen LogP contribution in [0.4, 0.5) is 0 Å². The molecule has 0 aromatic carbocycles. The molecule has 1 aromatic rings. The van der Waals surface area contributed by atoms with Gasteiger partial charge in [-0.3, -0.25) is 0 Å². The van der Waals surface area contributed by atoms with Crippen molar-refractivity contribution >= 4 is 0 Å². The summed E-state index contributed by atoms with van der Waals surface area (Å²) in [7, 11) is 0. The number of hydrogen-bond acceptors (Lipinski definition) is 3. The van der Waals surface area contributed by atoms with E-state index in [4.69, 9.17) is 9.47 Å². The van der Waals surface area contributed by atoms with Crippen LogP contribution in [0.5, 0.6) is 11.6 Å². The number of aromatic nitrogens is 1. The average Bonchev–Trinajstić information content (AvgIpc) is 2.04. The second-order valence-electron chi connectivity index (χ2n) is 2.24. The minimum atomic E-state index is 0.415. The first-order chi connectivity index (χ1) is 5.36. The largest absolute Gasteiger partial charge is 0.446 e. The van der Waals surface area contributed by atoms with Gasteiger partial charge in [-0.05, 0) is 12.1 Å². The van der Waals surface area contributed by atoms with Gasteiger partial charge in [-0.25, -0.2) is 4.98 Å². The zero-order chi connectivity index (χ0) is 7.68. The molecule has 56 valence electrons. The van der Waals surface area contributed by atoms with Gasteiger partial charge in [0.1, 0.15) is 0 Å². The molecule has 0 unspecified atom stereocenters. The normalized spacial score (nSPS) is 14.8. The summed E-state index contributed by atoms with van der Waals surface area (Å²) in [6.07, 6.45) is 2.25. The summed E-state index contributed by atoms with van der Waals surface area (Å²) in [5.74, 6) is 1.18. The van der Waals surface area contributed by atoms with Crippen molar-refractivity contribution in [3.8, 4) is 11.6 Å². The van der Waals surface area contributed by atoms with Crippen LogP contribution in [-0.2, 0) is 0 Å². The van der Waals surface area contributed by atoms with E-state index in [2.05, 4.69) is 11.9 Å². The molecule has 0 fully saturated rings. The molecule has 0 aliphatic carbocycles. The first-order valence-electron chi connectivity index (χ1n) is 3.30. The van der Waals surface area contributed by atoms with Crippen molar-refractivity contribution < 1.29 is 9.47 Å².